The second-order valence-corrected chi connectivity index (χ2v) is 18.2. The van der Waals surface area contributed by atoms with Crippen molar-refractivity contribution in [2.24, 2.45) is 0 Å². The maximum Gasteiger partial charge on any atom is 0.338 e. The van der Waals surface area contributed by atoms with Crippen molar-refractivity contribution in [3.63, 3.8) is 0 Å². The van der Waals surface area contributed by atoms with E-state index in [0.717, 1.165) is 33.4 Å². The normalized spacial score (nSPS) is 23.7. The fraction of sp³-hybridized carbons (Fsp3) is 0.306. The molecule has 384 valence electrons. The van der Waals surface area contributed by atoms with E-state index >= 15 is 0 Å². The van der Waals surface area contributed by atoms with Gasteiger partial charge >= 0.3 is 5.97 Å². The molecule has 0 radical (unpaired) electrons. The lowest BCUT2D eigenvalue weighted by atomic mass is 9.95. The molecule has 2 heterocycles. The largest absolute Gasteiger partial charge is 0.450 e. The molecule has 7 aromatic rings. The fourth-order valence-corrected chi connectivity index (χ4v) is 9.10. The van der Waals surface area contributed by atoms with E-state index in [1.807, 2.05) is 188 Å². The van der Waals surface area contributed by atoms with E-state index in [1.54, 1.807) is 31.4 Å². The summed E-state index contributed by atoms with van der Waals surface area (Å²) in [6.07, 6.45) is -9.74. The van der Waals surface area contributed by atoms with Crippen LogP contribution in [0.15, 0.2) is 212 Å². The summed E-state index contributed by atoms with van der Waals surface area (Å²) >= 11 is 0. The number of ether oxygens (including phenoxy) is 11. The monoisotopic (exact) mass is 1000 g/mol. The van der Waals surface area contributed by atoms with Crippen molar-refractivity contribution in [2.45, 2.75) is 101 Å². The van der Waals surface area contributed by atoms with E-state index in [0.29, 0.717) is 18.8 Å². The molecule has 2 aliphatic rings. The molecule has 74 heavy (non-hydrogen) atoms. The first-order chi connectivity index (χ1) is 36.6. The molecule has 10 atom stereocenters. The fourth-order valence-electron chi connectivity index (χ4n) is 9.10. The Labute approximate surface area is 433 Å². The van der Waals surface area contributed by atoms with E-state index in [-0.39, 0.29) is 39.6 Å². The Morgan fingerprint density at radius 3 is 1.08 bits per heavy atom. The number of hydrogen-bond acceptors (Lipinski definition) is 12. The predicted molar refractivity (Wildman–Crippen MR) is 277 cm³/mol. The lowest BCUT2D eigenvalue weighted by Gasteiger charge is -2.50. The molecule has 12 heteroatoms. The van der Waals surface area contributed by atoms with E-state index in [9.17, 15) is 4.79 Å². The van der Waals surface area contributed by atoms with Gasteiger partial charge in [0.1, 0.15) is 42.7 Å². The van der Waals surface area contributed by atoms with E-state index < -0.39 is 67.4 Å². The third-order valence-electron chi connectivity index (χ3n) is 12.9. The molecule has 12 nitrogen and oxygen atoms in total. The van der Waals surface area contributed by atoms with Gasteiger partial charge in [-0.1, -0.05) is 200 Å². The molecular formula is C62H64O12. The summed E-state index contributed by atoms with van der Waals surface area (Å²) < 4.78 is 74.9. The Balaban J connectivity index is 1.12. The van der Waals surface area contributed by atoms with Crippen LogP contribution in [-0.2, 0) is 91.7 Å². The van der Waals surface area contributed by atoms with Gasteiger partial charge in [-0.15, -0.1) is 0 Å². The van der Waals surface area contributed by atoms with Crippen LogP contribution in [0.3, 0.4) is 0 Å². The molecule has 0 spiro atoms. The highest BCUT2D eigenvalue weighted by molar-refractivity contribution is 5.89. The van der Waals surface area contributed by atoms with Gasteiger partial charge in [0.05, 0.1) is 58.4 Å². The van der Waals surface area contributed by atoms with Crippen LogP contribution < -0.4 is 0 Å². The molecular weight excluding hydrogens is 937 g/mol. The van der Waals surface area contributed by atoms with Crippen molar-refractivity contribution in [3.05, 3.63) is 251 Å². The summed E-state index contributed by atoms with van der Waals surface area (Å²) in [7, 11) is 1.57. The number of hydrogen-bond donors (Lipinski definition) is 0. The zero-order valence-electron chi connectivity index (χ0n) is 41.5. The first kappa shape index (κ1) is 52.5. The molecule has 0 N–H and O–H groups in total. The zero-order valence-corrected chi connectivity index (χ0v) is 41.5. The van der Waals surface area contributed by atoms with Crippen LogP contribution in [0.4, 0.5) is 0 Å². The summed E-state index contributed by atoms with van der Waals surface area (Å²) in [6.45, 7) is 1.50. The van der Waals surface area contributed by atoms with Gasteiger partial charge < -0.3 is 52.1 Å². The van der Waals surface area contributed by atoms with Crippen LogP contribution in [0.2, 0.25) is 0 Å². The van der Waals surface area contributed by atoms with Crippen LogP contribution in [0.1, 0.15) is 43.7 Å². The second kappa shape index (κ2) is 27.8. The first-order valence-corrected chi connectivity index (χ1v) is 25.2. The van der Waals surface area contributed by atoms with Gasteiger partial charge in [-0.25, -0.2) is 4.79 Å². The van der Waals surface area contributed by atoms with Gasteiger partial charge in [0.15, 0.2) is 18.7 Å². The minimum atomic E-state index is -1.33. The number of rotatable bonds is 25. The molecule has 0 bridgehead atoms. The summed E-state index contributed by atoms with van der Waals surface area (Å²) in [5, 5.41) is 0. The number of methoxy groups -OCH3 is 1. The van der Waals surface area contributed by atoms with Gasteiger partial charge in [-0.2, -0.15) is 0 Å². The highest BCUT2D eigenvalue weighted by atomic mass is 16.8. The third-order valence-corrected chi connectivity index (χ3v) is 12.9. The highest BCUT2D eigenvalue weighted by Gasteiger charge is 2.55. The number of carbonyl (C=O) groups excluding carboxylic acids is 1. The van der Waals surface area contributed by atoms with Crippen molar-refractivity contribution in [1.82, 2.24) is 0 Å². The van der Waals surface area contributed by atoms with Gasteiger partial charge in [-0.3, -0.25) is 0 Å². The molecule has 0 saturated carbocycles. The minimum absolute atomic E-state index is 0.0606. The summed E-state index contributed by atoms with van der Waals surface area (Å²) in [6, 6.07) is 68.0. The SMILES string of the molecule is CO[C@H]1O[C@H](COCc2ccccc2)[C@@H](OCc2ccccc2)[C@H](O[C@@H]2O[C@H](COCc3ccccc3)[C@@H](OCc3ccccc3)[C@H](OCc3ccccc3)[C@H]2OC(=O)c2ccccc2)[C@H]1OCc1ccccc1. The molecule has 9 rings (SSSR count). The van der Waals surface area contributed by atoms with Crippen molar-refractivity contribution in [3.8, 4) is 0 Å². The molecule has 2 saturated heterocycles. The van der Waals surface area contributed by atoms with Crippen LogP contribution >= 0.6 is 0 Å². The lowest BCUT2D eigenvalue weighted by Crippen LogP contribution is -2.66. The molecule has 0 amide bonds. The Hall–Kier alpha value is -6.39. The van der Waals surface area contributed by atoms with E-state index in [4.69, 9.17) is 52.1 Å². The Morgan fingerprint density at radius 2 is 0.689 bits per heavy atom. The number of esters is 1. The topological polar surface area (TPSA) is 119 Å². The van der Waals surface area contributed by atoms with Crippen molar-refractivity contribution >= 4 is 5.97 Å². The Bertz CT molecular complexity index is 2650. The maximum absolute atomic E-state index is 14.5. The minimum Gasteiger partial charge on any atom is -0.450 e. The molecule has 0 aliphatic carbocycles. The molecule has 2 aliphatic heterocycles. The van der Waals surface area contributed by atoms with Crippen LogP contribution in [0.25, 0.3) is 0 Å². The molecule has 0 aromatic heterocycles. The lowest BCUT2D eigenvalue weighted by molar-refractivity contribution is -0.372. The summed E-state index contributed by atoms with van der Waals surface area (Å²) in [4.78, 5) is 14.5. The second-order valence-electron chi connectivity index (χ2n) is 18.2. The number of benzene rings is 7. The van der Waals surface area contributed by atoms with Crippen molar-refractivity contribution in [1.29, 1.82) is 0 Å². The Kier molecular flexibility index (Phi) is 19.7. The van der Waals surface area contributed by atoms with Crippen LogP contribution in [0, 0.1) is 0 Å². The average Bonchev–Trinajstić information content (AvgIpc) is 3.46. The average molecular weight is 1000 g/mol. The molecule has 0 unspecified atom stereocenters. The predicted octanol–water partition coefficient (Wildman–Crippen LogP) is 10.5. The van der Waals surface area contributed by atoms with Gasteiger partial charge in [-0.05, 0) is 45.5 Å². The zero-order chi connectivity index (χ0) is 50.6. The van der Waals surface area contributed by atoms with Gasteiger partial charge in [0.2, 0.25) is 0 Å². The molecule has 2 fully saturated rings. The van der Waals surface area contributed by atoms with Gasteiger partial charge in [0.25, 0.3) is 0 Å². The summed E-state index contributed by atoms with van der Waals surface area (Å²) in [5.74, 6) is -0.607. The van der Waals surface area contributed by atoms with Crippen molar-refractivity contribution in [2.75, 3.05) is 20.3 Å². The van der Waals surface area contributed by atoms with Gasteiger partial charge in [0, 0.05) is 7.11 Å². The first-order valence-electron chi connectivity index (χ1n) is 25.2. The smallest absolute Gasteiger partial charge is 0.338 e. The third kappa shape index (κ3) is 14.9. The van der Waals surface area contributed by atoms with E-state index in [1.165, 1.54) is 0 Å². The summed E-state index contributed by atoms with van der Waals surface area (Å²) in [5.41, 5.74) is 5.99. The van der Waals surface area contributed by atoms with Crippen molar-refractivity contribution < 1.29 is 56.9 Å². The van der Waals surface area contributed by atoms with Crippen LogP contribution in [-0.4, -0.2) is 87.7 Å². The van der Waals surface area contributed by atoms with Crippen LogP contribution in [0.5, 0.6) is 0 Å². The quantitative estimate of drug-likeness (QED) is 0.0507. The maximum atomic E-state index is 14.5. The number of carbonyl (C=O) groups is 1. The highest BCUT2D eigenvalue weighted by Crippen LogP contribution is 2.37. The van der Waals surface area contributed by atoms with E-state index in [2.05, 4.69) is 0 Å². The Morgan fingerprint density at radius 1 is 0.365 bits per heavy atom. The molecule has 7 aromatic carbocycles. The standard InChI is InChI=1S/C62H64O12/c1-64-61-58(70-42-50-33-19-7-20-34-50)57(55(68-40-48-29-15-5-16-30-48)53(71-61)44-66-38-46-25-11-3-12-26-46)74-62-59(73-60(63)51-35-21-8-22-36-51)56(69-41-49-31-17-6-18-32-49)54(67-39-47-27-13-4-14-28-47)52(72-62)43-65-37-45-23-9-2-10-24-45/h2-36,52-59,61-62H,37-44H2,1H3/t52-,53-,54-,55-,56+,57+,58-,59-,61+,62+/m1/s1.